The van der Waals surface area contributed by atoms with E-state index in [2.05, 4.69) is 34.1 Å². The second kappa shape index (κ2) is 4.45. The average Bonchev–Trinajstić information content (AvgIpc) is 3.07. The number of imidazole rings is 1. The number of carbonyl (C=O) groups excluding carboxylic acids is 1. The highest BCUT2D eigenvalue weighted by atomic mass is 32.1. The maximum absolute atomic E-state index is 11.4. The summed E-state index contributed by atoms with van der Waals surface area (Å²) < 4.78 is 1.87. The molecule has 1 aliphatic rings. The van der Waals surface area contributed by atoms with E-state index >= 15 is 0 Å². The summed E-state index contributed by atoms with van der Waals surface area (Å²) >= 11 is 1.55. The molecule has 0 atom stereocenters. The van der Waals surface area contributed by atoms with E-state index in [1.54, 1.807) is 11.3 Å². The van der Waals surface area contributed by atoms with Crippen molar-refractivity contribution in [2.24, 2.45) is 0 Å². The van der Waals surface area contributed by atoms with E-state index in [0.717, 1.165) is 36.6 Å². The Morgan fingerprint density at radius 2 is 2.10 bits per heavy atom. The minimum absolute atomic E-state index is 0.653. The molecule has 0 unspecified atom stereocenters. The number of nitrogens with zero attached hydrogens (tertiary/aromatic N) is 3. The van der Waals surface area contributed by atoms with Crippen molar-refractivity contribution in [2.75, 3.05) is 11.4 Å². The van der Waals surface area contributed by atoms with Crippen molar-refractivity contribution in [3.8, 4) is 0 Å². The van der Waals surface area contributed by atoms with Crippen molar-refractivity contribution >= 4 is 28.4 Å². The van der Waals surface area contributed by atoms with Crippen LogP contribution in [-0.4, -0.2) is 22.2 Å². The molecule has 4 nitrogen and oxygen atoms in total. The van der Waals surface area contributed by atoms with Crippen LogP contribution in [0.2, 0.25) is 0 Å². The summed E-state index contributed by atoms with van der Waals surface area (Å²) in [4.78, 5) is 19.1. The number of hydrogen-bond donors (Lipinski definition) is 0. The Morgan fingerprint density at radius 3 is 2.95 bits per heavy atom. The molecule has 3 heterocycles. The summed E-state index contributed by atoms with van der Waals surface area (Å²) in [5, 5.41) is 1.95. The number of anilines is 1. The van der Waals surface area contributed by atoms with Gasteiger partial charge in [0.1, 0.15) is 5.69 Å². The molecular formula is C15H13N3OS. The Balaban J connectivity index is 1.77. The zero-order valence-electron chi connectivity index (χ0n) is 10.8. The summed E-state index contributed by atoms with van der Waals surface area (Å²) in [6.07, 6.45) is 3.81. The van der Waals surface area contributed by atoms with Gasteiger partial charge in [-0.3, -0.25) is 9.20 Å². The minimum Gasteiger partial charge on any atom is -0.350 e. The van der Waals surface area contributed by atoms with Gasteiger partial charge in [-0.15, -0.1) is 11.3 Å². The van der Waals surface area contributed by atoms with Gasteiger partial charge in [0, 0.05) is 24.7 Å². The first-order chi connectivity index (χ1) is 9.86. The van der Waals surface area contributed by atoms with Crippen molar-refractivity contribution in [1.29, 1.82) is 0 Å². The van der Waals surface area contributed by atoms with Crippen LogP contribution in [0.3, 0.4) is 0 Å². The van der Waals surface area contributed by atoms with Gasteiger partial charge in [0.25, 0.3) is 0 Å². The van der Waals surface area contributed by atoms with E-state index in [1.165, 1.54) is 11.1 Å². The van der Waals surface area contributed by atoms with Crippen molar-refractivity contribution < 1.29 is 4.79 Å². The smallest absolute Gasteiger partial charge is 0.196 e. The SMILES string of the molecule is O=Cc1c(N2CCc3ccccc3C2)nc2sccn12. The lowest BCUT2D eigenvalue weighted by atomic mass is 10.00. The number of rotatable bonds is 2. The van der Waals surface area contributed by atoms with Crippen LogP contribution in [0.15, 0.2) is 35.8 Å². The maximum atomic E-state index is 11.4. The quantitative estimate of drug-likeness (QED) is 0.679. The number of benzene rings is 1. The van der Waals surface area contributed by atoms with Gasteiger partial charge in [0.2, 0.25) is 0 Å². The van der Waals surface area contributed by atoms with Crippen LogP contribution in [0.1, 0.15) is 21.6 Å². The van der Waals surface area contributed by atoms with E-state index in [1.807, 2.05) is 16.0 Å². The van der Waals surface area contributed by atoms with E-state index < -0.39 is 0 Å². The van der Waals surface area contributed by atoms with Crippen LogP contribution < -0.4 is 4.90 Å². The summed E-state index contributed by atoms with van der Waals surface area (Å²) in [7, 11) is 0. The van der Waals surface area contributed by atoms with Crippen molar-refractivity contribution in [1.82, 2.24) is 9.38 Å². The van der Waals surface area contributed by atoms with Crippen molar-refractivity contribution in [3.05, 3.63) is 52.7 Å². The van der Waals surface area contributed by atoms with Gasteiger partial charge in [0.15, 0.2) is 17.1 Å². The molecule has 0 N–H and O–H groups in total. The summed E-state index contributed by atoms with van der Waals surface area (Å²) in [6.45, 7) is 1.73. The van der Waals surface area contributed by atoms with Crippen LogP contribution in [0.5, 0.6) is 0 Å². The molecule has 1 aromatic carbocycles. The monoisotopic (exact) mass is 283 g/mol. The van der Waals surface area contributed by atoms with Crippen molar-refractivity contribution in [3.63, 3.8) is 0 Å². The van der Waals surface area contributed by atoms with Crippen LogP contribution >= 0.6 is 11.3 Å². The molecule has 0 bridgehead atoms. The lowest BCUT2D eigenvalue weighted by molar-refractivity contribution is 0.111. The van der Waals surface area contributed by atoms with Crippen LogP contribution in [-0.2, 0) is 13.0 Å². The fourth-order valence-corrected chi connectivity index (χ4v) is 3.53. The van der Waals surface area contributed by atoms with Crippen molar-refractivity contribution in [2.45, 2.75) is 13.0 Å². The summed E-state index contributed by atoms with van der Waals surface area (Å²) in [6, 6.07) is 8.48. The lowest BCUT2D eigenvalue weighted by Crippen LogP contribution is -2.31. The Morgan fingerprint density at radius 1 is 1.25 bits per heavy atom. The number of hydrogen-bond acceptors (Lipinski definition) is 4. The molecule has 20 heavy (non-hydrogen) atoms. The van der Waals surface area contributed by atoms with Gasteiger partial charge in [-0.25, -0.2) is 4.98 Å². The maximum Gasteiger partial charge on any atom is 0.196 e. The molecule has 0 aliphatic carbocycles. The predicted octanol–water partition coefficient (Wildman–Crippen LogP) is 2.77. The third kappa shape index (κ3) is 1.67. The Labute approximate surface area is 120 Å². The molecule has 2 aromatic heterocycles. The molecule has 0 saturated heterocycles. The third-order valence-corrected chi connectivity index (χ3v) is 4.58. The highest BCUT2D eigenvalue weighted by Crippen LogP contribution is 2.28. The lowest BCUT2D eigenvalue weighted by Gasteiger charge is -2.29. The molecule has 5 heteroatoms. The van der Waals surface area contributed by atoms with Gasteiger partial charge in [-0.2, -0.15) is 0 Å². The Kier molecular flexibility index (Phi) is 2.60. The molecule has 4 rings (SSSR count). The average molecular weight is 283 g/mol. The first-order valence-corrected chi connectivity index (χ1v) is 7.47. The summed E-state index contributed by atoms with van der Waals surface area (Å²) in [5.74, 6) is 0.807. The molecule has 0 amide bonds. The minimum atomic E-state index is 0.653. The molecule has 1 aliphatic heterocycles. The highest BCUT2D eigenvalue weighted by molar-refractivity contribution is 7.15. The molecule has 0 saturated carbocycles. The van der Waals surface area contributed by atoms with E-state index in [4.69, 9.17) is 0 Å². The molecule has 0 fully saturated rings. The fourth-order valence-electron chi connectivity index (χ4n) is 2.81. The Hall–Kier alpha value is -2.14. The molecule has 100 valence electrons. The van der Waals surface area contributed by atoms with Crippen LogP contribution in [0.4, 0.5) is 5.82 Å². The molecule has 0 radical (unpaired) electrons. The number of aldehydes is 1. The standard InChI is InChI=1S/C15H13N3OS/c19-10-13-14(16-15-18(13)7-8-20-15)17-6-5-11-3-1-2-4-12(11)9-17/h1-4,7-8,10H,5-6,9H2. The number of aromatic nitrogens is 2. The van der Waals surface area contributed by atoms with E-state index in [9.17, 15) is 4.79 Å². The fraction of sp³-hybridized carbons (Fsp3) is 0.200. The highest BCUT2D eigenvalue weighted by Gasteiger charge is 2.22. The predicted molar refractivity (Wildman–Crippen MR) is 79.7 cm³/mol. The second-order valence-corrected chi connectivity index (χ2v) is 5.81. The zero-order valence-corrected chi connectivity index (χ0v) is 11.6. The van der Waals surface area contributed by atoms with E-state index in [0.29, 0.717) is 5.69 Å². The third-order valence-electron chi connectivity index (χ3n) is 3.82. The molecular weight excluding hydrogens is 270 g/mol. The van der Waals surface area contributed by atoms with Gasteiger partial charge >= 0.3 is 0 Å². The summed E-state index contributed by atoms with van der Waals surface area (Å²) in [5.41, 5.74) is 3.38. The van der Waals surface area contributed by atoms with Gasteiger partial charge in [-0.1, -0.05) is 24.3 Å². The molecule has 3 aromatic rings. The zero-order chi connectivity index (χ0) is 13.5. The van der Waals surface area contributed by atoms with Gasteiger partial charge < -0.3 is 4.90 Å². The Bertz CT molecular complexity index is 789. The first kappa shape index (κ1) is 11.7. The molecule has 0 spiro atoms. The van der Waals surface area contributed by atoms with Crippen LogP contribution in [0.25, 0.3) is 4.96 Å². The van der Waals surface area contributed by atoms with Gasteiger partial charge in [-0.05, 0) is 17.5 Å². The second-order valence-electron chi connectivity index (χ2n) is 4.93. The number of fused-ring (bicyclic) bond motifs is 2. The van der Waals surface area contributed by atoms with Gasteiger partial charge in [0.05, 0.1) is 0 Å². The number of carbonyl (C=O) groups is 1. The topological polar surface area (TPSA) is 37.6 Å². The van der Waals surface area contributed by atoms with Crippen LogP contribution in [0, 0.1) is 0 Å². The first-order valence-electron chi connectivity index (χ1n) is 6.59. The largest absolute Gasteiger partial charge is 0.350 e. The van der Waals surface area contributed by atoms with E-state index in [-0.39, 0.29) is 0 Å². The normalized spacial score (nSPS) is 14.5. The number of thiazole rings is 1.